The first-order valence-electron chi connectivity index (χ1n) is 7.87. The molecular formula is C15H26ClN4NiO4-. The normalized spacial score (nSPS) is 23.3. The van der Waals surface area contributed by atoms with Crippen LogP contribution in [0.25, 0.3) is 16.0 Å². The Hall–Kier alpha value is -0.346. The summed E-state index contributed by atoms with van der Waals surface area (Å²) >= 11 is 0. The average molecular weight is 421 g/mol. The number of pyridine rings is 1. The van der Waals surface area contributed by atoms with E-state index in [1.807, 2.05) is 0 Å². The van der Waals surface area contributed by atoms with Crippen LogP contribution in [0.2, 0.25) is 0 Å². The van der Waals surface area contributed by atoms with Crippen LogP contribution >= 0.6 is 0 Å². The van der Waals surface area contributed by atoms with Crippen LogP contribution in [0, 0.1) is 10.2 Å². The fourth-order valence-corrected chi connectivity index (χ4v) is 2.17. The third-order valence-electron chi connectivity index (χ3n) is 3.40. The first-order valence-corrected chi connectivity index (χ1v) is 9.19. The number of fused-ring (bicyclic) bond motifs is 2. The van der Waals surface area contributed by atoms with Crippen LogP contribution in [-0.2, 0) is 16.5 Å². The summed E-state index contributed by atoms with van der Waals surface area (Å²) in [5, 5.41) is 13.8. The monoisotopic (exact) mass is 419 g/mol. The van der Waals surface area contributed by atoms with Gasteiger partial charge in [-0.3, -0.25) is 4.98 Å². The summed E-state index contributed by atoms with van der Waals surface area (Å²) in [6, 6.07) is 6.50. The van der Waals surface area contributed by atoms with Crippen molar-refractivity contribution in [2.24, 2.45) is 0 Å². The Morgan fingerprint density at radius 1 is 0.960 bits per heavy atom. The fourth-order valence-electron chi connectivity index (χ4n) is 2.17. The van der Waals surface area contributed by atoms with Gasteiger partial charge in [0.1, 0.15) is 0 Å². The quantitative estimate of drug-likeness (QED) is 0.542. The van der Waals surface area contributed by atoms with Crippen molar-refractivity contribution in [2.45, 2.75) is 38.8 Å². The van der Waals surface area contributed by atoms with Crippen LogP contribution in [0.3, 0.4) is 0 Å². The van der Waals surface area contributed by atoms with E-state index in [1.165, 1.54) is 0 Å². The Bertz CT molecular complexity index is 442. The van der Waals surface area contributed by atoms with Crippen molar-refractivity contribution >= 4 is 0 Å². The molecule has 0 spiro atoms. The van der Waals surface area contributed by atoms with Gasteiger partial charge >= 0.3 is 45.4 Å². The van der Waals surface area contributed by atoms with Crippen molar-refractivity contribution in [3.63, 3.8) is 0 Å². The molecule has 0 aromatic carbocycles. The molecule has 0 fully saturated rings. The molecule has 1 aliphatic rings. The van der Waals surface area contributed by atoms with Gasteiger partial charge in [0.15, 0.2) is 0 Å². The third kappa shape index (κ3) is 12.6. The van der Waals surface area contributed by atoms with Gasteiger partial charge in [-0.05, 0) is 12.1 Å². The molecule has 0 radical (unpaired) electrons. The number of nitrogens with zero attached hydrogens (tertiary/aromatic N) is 4. The van der Waals surface area contributed by atoms with E-state index in [0.29, 0.717) is 0 Å². The van der Waals surface area contributed by atoms with E-state index >= 15 is 0 Å². The van der Waals surface area contributed by atoms with Crippen LogP contribution in [0.4, 0.5) is 0 Å². The minimum absolute atomic E-state index is 0. The van der Waals surface area contributed by atoms with E-state index in [2.05, 4.69) is 48.0 Å². The van der Waals surface area contributed by atoms with Crippen LogP contribution in [0.5, 0.6) is 0 Å². The topological polar surface area (TPSA) is 139 Å². The SMILES string of the molecule is CC1[N-]CCC[N-]CCC[N-]C(C)c2cccc1n2.[Ni+2].[O-][Cl+](O)(O)O. The third-order valence-corrected chi connectivity index (χ3v) is 3.40. The zero-order valence-corrected chi connectivity index (χ0v) is 16.1. The number of aromatic nitrogens is 1. The van der Waals surface area contributed by atoms with E-state index < -0.39 is 10.2 Å². The van der Waals surface area contributed by atoms with Crippen LogP contribution in [-0.4, -0.2) is 45.1 Å². The molecule has 2 heterocycles. The Morgan fingerprint density at radius 2 is 1.36 bits per heavy atom. The number of rotatable bonds is 0. The van der Waals surface area contributed by atoms with E-state index in [0.717, 1.165) is 50.4 Å². The Balaban J connectivity index is 0.000000848. The zero-order chi connectivity index (χ0) is 18.0. The maximum atomic E-state index is 8.83. The van der Waals surface area contributed by atoms with Gasteiger partial charge in [-0.1, -0.05) is 44.8 Å². The molecule has 2 unspecified atom stereocenters. The number of hydrogen-bond donors (Lipinski definition) is 3. The molecule has 0 amide bonds. The van der Waals surface area contributed by atoms with Crippen molar-refractivity contribution in [1.29, 1.82) is 0 Å². The van der Waals surface area contributed by atoms with Crippen LogP contribution in [0.1, 0.15) is 50.2 Å². The molecular weight excluding hydrogens is 394 g/mol. The molecule has 1 aliphatic heterocycles. The Labute approximate surface area is 161 Å². The summed E-state index contributed by atoms with van der Waals surface area (Å²) in [7, 11) is -4.19. The molecule has 0 saturated carbocycles. The van der Waals surface area contributed by atoms with Crippen molar-refractivity contribution in [3.8, 4) is 0 Å². The van der Waals surface area contributed by atoms with E-state index in [1.54, 1.807) is 0 Å². The predicted octanol–water partition coefficient (Wildman–Crippen LogP) is 1.26. The van der Waals surface area contributed by atoms with Gasteiger partial charge in [-0.25, -0.2) is 0 Å². The summed E-state index contributed by atoms with van der Waals surface area (Å²) in [5.74, 6) is 0. The molecule has 25 heavy (non-hydrogen) atoms. The first kappa shape index (κ1) is 24.7. The molecule has 1 aromatic heterocycles. The molecule has 8 nitrogen and oxygen atoms in total. The van der Waals surface area contributed by atoms with E-state index in [4.69, 9.17) is 23.6 Å². The standard InChI is InChI=1S/C15H23N4.ClH3O4.Ni/c1-12-14-6-3-7-15(19-14)13(2)18-11-5-9-16-8-4-10-17-12;2-1(3,4)5;/h3,6-7,12-13H,4-5,8-11H2,1-2H3;2-4H;/q-3;;+2. The maximum absolute atomic E-state index is 8.83. The predicted molar refractivity (Wildman–Crippen MR) is 86.5 cm³/mol. The van der Waals surface area contributed by atoms with Crippen molar-refractivity contribution in [3.05, 3.63) is 45.5 Å². The fraction of sp³-hybridized carbons (Fsp3) is 0.667. The summed E-state index contributed by atoms with van der Waals surface area (Å²) in [5.41, 5.74) is 2.10. The molecule has 3 N–H and O–H groups in total. The molecule has 0 aliphatic carbocycles. The van der Waals surface area contributed by atoms with Crippen molar-refractivity contribution in [1.82, 2.24) is 4.98 Å². The summed E-state index contributed by atoms with van der Waals surface area (Å²) < 4.78 is 30.2. The van der Waals surface area contributed by atoms with Crippen LogP contribution < -0.4 is 4.66 Å². The molecule has 2 atom stereocenters. The zero-order valence-electron chi connectivity index (χ0n) is 14.4. The number of halogens is 1. The Kier molecular flexibility index (Phi) is 12.7. The molecule has 148 valence electrons. The molecule has 2 rings (SSSR count). The summed E-state index contributed by atoms with van der Waals surface area (Å²) in [6.45, 7) is 7.79. The summed E-state index contributed by atoms with van der Waals surface area (Å²) in [6.07, 6.45) is 2.08. The van der Waals surface area contributed by atoms with Gasteiger partial charge in [-0.15, -0.1) is 0 Å². The van der Waals surface area contributed by atoms with Gasteiger partial charge in [-0.2, -0.15) is 26.2 Å². The van der Waals surface area contributed by atoms with Gasteiger partial charge in [0.25, 0.3) is 0 Å². The minimum atomic E-state index is -4.19. The average Bonchev–Trinajstić information content (AvgIpc) is 2.50. The second kappa shape index (κ2) is 12.9. The van der Waals surface area contributed by atoms with Crippen molar-refractivity contribution in [2.75, 3.05) is 26.2 Å². The molecule has 0 saturated heterocycles. The van der Waals surface area contributed by atoms with Gasteiger partial charge in [0, 0.05) is 11.4 Å². The first-order chi connectivity index (χ1) is 11.3. The Morgan fingerprint density at radius 3 is 1.76 bits per heavy atom. The molecule has 10 heteroatoms. The van der Waals surface area contributed by atoms with Crippen molar-refractivity contribution < 1.29 is 45.4 Å². The summed E-state index contributed by atoms with van der Waals surface area (Å²) in [4.78, 5) is 4.71. The van der Waals surface area contributed by atoms with E-state index in [-0.39, 0.29) is 28.6 Å². The van der Waals surface area contributed by atoms with Gasteiger partial charge in [0.05, 0.1) is 0 Å². The molecule has 2 bridgehead atoms. The van der Waals surface area contributed by atoms with Crippen LogP contribution in [0.15, 0.2) is 18.2 Å². The second-order valence-corrected chi connectivity index (χ2v) is 6.33. The molecule has 1 aromatic rings. The van der Waals surface area contributed by atoms with E-state index in [9.17, 15) is 0 Å². The number of hydrogen-bond acceptors (Lipinski definition) is 5. The van der Waals surface area contributed by atoms with Gasteiger partial charge in [0.2, 0.25) is 0 Å². The second-order valence-electron chi connectivity index (χ2n) is 5.46. The van der Waals surface area contributed by atoms with Gasteiger partial charge < -0.3 is 16.0 Å².